The number of benzene rings is 1. The summed E-state index contributed by atoms with van der Waals surface area (Å²) in [5.74, 6) is -2.40. The third-order valence-corrected chi connectivity index (χ3v) is 3.62. The van der Waals surface area contributed by atoms with Crippen LogP contribution in [-0.4, -0.2) is 32.0 Å². The molecule has 1 aromatic carbocycles. The van der Waals surface area contributed by atoms with E-state index in [9.17, 15) is 26.4 Å². The highest BCUT2D eigenvalue weighted by Crippen LogP contribution is 2.12. The zero-order valence-electron chi connectivity index (χ0n) is 9.39. The van der Waals surface area contributed by atoms with Crippen molar-refractivity contribution in [3.63, 3.8) is 0 Å². The second kappa shape index (κ2) is 6.02. The van der Waals surface area contributed by atoms with Crippen molar-refractivity contribution < 1.29 is 31.5 Å². The van der Waals surface area contributed by atoms with E-state index in [0.717, 1.165) is 24.3 Å². The predicted octanol–water partition coefficient (Wildman–Crippen LogP) is 1.21. The fourth-order valence-electron chi connectivity index (χ4n) is 1.25. The van der Waals surface area contributed by atoms with Crippen LogP contribution in [0.2, 0.25) is 0 Å². The molecule has 1 aromatic rings. The number of hydrogen-bond acceptors (Lipinski definition) is 3. The molecular formula is C10H10F3NO4S. The van der Waals surface area contributed by atoms with Gasteiger partial charge in [0, 0.05) is 6.42 Å². The van der Waals surface area contributed by atoms with Crippen molar-refractivity contribution in [1.29, 1.82) is 0 Å². The van der Waals surface area contributed by atoms with E-state index in [1.165, 1.54) is 0 Å². The average Bonchev–Trinajstić information content (AvgIpc) is 2.27. The molecule has 1 unspecified atom stereocenters. The summed E-state index contributed by atoms with van der Waals surface area (Å²) in [6.07, 6.45) is -4.13. The quantitative estimate of drug-likeness (QED) is 0.826. The van der Waals surface area contributed by atoms with E-state index in [2.05, 4.69) is 0 Å². The molecule has 2 N–H and O–H groups in total. The van der Waals surface area contributed by atoms with E-state index in [-0.39, 0.29) is 0 Å². The zero-order chi connectivity index (χ0) is 14.6. The molecule has 0 bridgehead atoms. The molecule has 0 saturated heterocycles. The third-order valence-electron chi connectivity index (χ3n) is 2.13. The highest BCUT2D eigenvalue weighted by molar-refractivity contribution is 7.89. The lowest BCUT2D eigenvalue weighted by molar-refractivity contribution is -0.140. The first kappa shape index (κ1) is 15.4. The topological polar surface area (TPSA) is 83.5 Å². The van der Waals surface area contributed by atoms with Crippen molar-refractivity contribution in [1.82, 2.24) is 4.72 Å². The molecule has 0 aliphatic carbocycles. The molecule has 0 aromatic heterocycles. The maximum atomic E-state index is 12.6. The molecule has 19 heavy (non-hydrogen) atoms. The van der Waals surface area contributed by atoms with Crippen LogP contribution in [0, 0.1) is 5.82 Å². The van der Waals surface area contributed by atoms with Gasteiger partial charge in [0.1, 0.15) is 11.9 Å². The summed E-state index contributed by atoms with van der Waals surface area (Å²) >= 11 is 0. The second-order valence-electron chi connectivity index (χ2n) is 3.59. The van der Waals surface area contributed by atoms with E-state index >= 15 is 0 Å². The van der Waals surface area contributed by atoms with Gasteiger partial charge in [0.15, 0.2) is 0 Å². The van der Waals surface area contributed by atoms with E-state index < -0.39 is 45.6 Å². The smallest absolute Gasteiger partial charge is 0.321 e. The number of rotatable bonds is 6. The monoisotopic (exact) mass is 297 g/mol. The normalized spacial score (nSPS) is 13.5. The fraction of sp³-hybridized carbons (Fsp3) is 0.300. The van der Waals surface area contributed by atoms with Crippen molar-refractivity contribution >= 4 is 16.0 Å². The lowest BCUT2D eigenvalue weighted by Crippen LogP contribution is -2.41. The summed E-state index contributed by atoms with van der Waals surface area (Å²) in [4.78, 5) is 10.3. The van der Waals surface area contributed by atoms with Crippen LogP contribution in [0.25, 0.3) is 0 Å². The Kier molecular flexibility index (Phi) is 4.90. The third kappa shape index (κ3) is 4.52. The number of alkyl halides is 2. The standard InChI is InChI=1S/C10H10F3NO4S/c11-6-1-3-7(4-2-6)19(17,18)14-8(10(15)16)5-9(12)13/h1-4,8-9,14H,5H2,(H,15,16). The summed E-state index contributed by atoms with van der Waals surface area (Å²) in [6, 6.07) is 1.57. The summed E-state index contributed by atoms with van der Waals surface area (Å²) in [5, 5.41) is 8.66. The molecule has 0 aliphatic rings. The summed E-state index contributed by atoms with van der Waals surface area (Å²) in [6.45, 7) is 0. The van der Waals surface area contributed by atoms with Gasteiger partial charge in [-0.05, 0) is 24.3 Å². The number of nitrogens with one attached hydrogen (secondary N) is 1. The Bertz CT molecular complexity index is 544. The second-order valence-corrected chi connectivity index (χ2v) is 5.31. The van der Waals surface area contributed by atoms with Crippen LogP contribution in [0.5, 0.6) is 0 Å². The zero-order valence-corrected chi connectivity index (χ0v) is 10.2. The van der Waals surface area contributed by atoms with Gasteiger partial charge in [0.05, 0.1) is 4.90 Å². The average molecular weight is 297 g/mol. The Morgan fingerprint density at radius 1 is 1.26 bits per heavy atom. The number of carbonyl (C=O) groups is 1. The lowest BCUT2D eigenvalue weighted by atomic mass is 10.2. The van der Waals surface area contributed by atoms with E-state index in [1.807, 2.05) is 0 Å². The molecule has 1 atom stereocenters. The van der Waals surface area contributed by atoms with Crippen LogP contribution in [0.15, 0.2) is 29.2 Å². The largest absolute Gasteiger partial charge is 0.480 e. The Hall–Kier alpha value is -1.61. The minimum Gasteiger partial charge on any atom is -0.480 e. The van der Waals surface area contributed by atoms with Crippen LogP contribution >= 0.6 is 0 Å². The molecule has 106 valence electrons. The van der Waals surface area contributed by atoms with Crippen LogP contribution < -0.4 is 4.72 Å². The molecule has 0 heterocycles. The van der Waals surface area contributed by atoms with Crippen LogP contribution in [0.3, 0.4) is 0 Å². The van der Waals surface area contributed by atoms with Crippen molar-refractivity contribution in [2.24, 2.45) is 0 Å². The Labute approximate surface area is 107 Å². The minimum absolute atomic E-state index is 0.408. The summed E-state index contributed by atoms with van der Waals surface area (Å²) in [7, 11) is -4.30. The van der Waals surface area contributed by atoms with Crippen molar-refractivity contribution in [2.45, 2.75) is 23.8 Å². The molecule has 0 amide bonds. The first-order valence-electron chi connectivity index (χ1n) is 5.01. The number of aliphatic carboxylic acids is 1. The van der Waals surface area contributed by atoms with Gasteiger partial charge in [-0.25, -0.2) is 21.6 Å². The van der Waals surface area contributed by atoms with Gasteiger partial charge in [-0.2, -0.15) is 4.72 Å². The van der Waals surface area contributed by atoms with Crippen molar-refractivity contribution in [3.05, 3.63) is 30.1 Å². The maximum Gasteiger partial charge on any atom is 0.321 e. The summed E-state index contributed by atoms with van der Waals surface area (Å²) < 4.78 is 61.9. The molecule has 0 spiro atoms. The first-order valence-corrected chi connectivity index (χ1v) is 6.49. The van der Waals surface area contributed by atoms with Gasteiger partial charge in [0.25, 0.3) is 0 Å². The molecule has 0 aliphatic heterocycles. The Morgan fingerprint density at radius 2 is 1.79 bits per heavy atom. The molecule has 0 fully saturated rings. The van der Waals surface area contributed by atoms with Gasteiger partial charge >= 0.3 is 5.97 Å². The van der Waals surface area contributed by atoms with E-state index in [4.69, 9.17) is 5.11 Å². The van der Waals surface area contributed by atoms with Gasteiger partial charge in [0.2, 0.25) is 16.4 Å². The van der Waals surface area contributed by atoms with Crippen LogP contribution in [-0.2, 0) is 14.8 Å². The van der Waals surface area contributed by atoms with Gasteiger partial charge in [-0.1, -0.05) is 0 Å². The molecular weight excluding hydrogens is 287 g/mol. The highest BCUT2D eigenvalue weighted by Gasteiger charge is 2.28. The van der Waals surface area contributed by atoms with Gasteiger partial charge < -0.3 is 5.11 Å². The van der Waals surface area contributed by atoms with Crippen molar-refractivity contribution in [2.75, 3.05) is 0 Å². The van der Waals surface area contributed by atoms with E-state index in [0.29, 0.717) is 0 Å². The minimum atomic E-state index is -4.30. The number of halogens is 3. The van der Waals surface area contributed by atoms with Crippen molar-refractivity contribution in [3.8, 4) is 0 Å². The molecule has 9 heteroatoms. The van der Waals surface area contributed by atoms with Gasteiger partial charge in [-0.3, -0.25) is 4.79 Å². The number of sulfonamides is 1. The van der Waals surface area contributed by atoms with E-state index in [1.54, 1.807) is 4.72 Å². The Morgan fingerprint density at radius 3 is 2.21 bits per heavy atom. The molecule has 1 rings (SSSR count). The fourth-order valence-corrected chi connectivity index (χ4v) is 2.45. The number of carboxylic acids is 1. The predicted molar refractivity (Wildman–Crippen MR) is 58.8 cm³/mol. The first-order chi connectivity index (χ1) is 8.72. The SMILES string of the molecule is O=C(O)C(CC(F)F)NS(=O)(=O)c1ccc(F)cc1. The molecule has 5 nitrogen and oxygen atoms in total. The summed E-state index contributed by atoms with van der Waals surface area (Å²) in [5.41, 5.74) is 0. The molecule has 0 radical (unpaired) electrons. The number of hydrogen-bond donors (Lipinski definition) is 2. The number of carboxylic acid groups (broad SMARTS) is 1. The Balaban J connectivity index is 2.94. The molecule has 0 saturated carbocycles. The maximum absolute atomic E-state index is 12.6. The highest BCUT2D eigenvalue weighted by atomic mass is 32.2. The van der Waals surface area contributed by atoms with Crippen LogP contribution in [0.1, 0.15) is 6.42 Å². The lowest BCUT2D eigenvalue weighted by Gasteiger charge is -2.14. The van der Waals surface area contributed by atoms with Crippen LogP contribution in [0.4, 0.5) is 13.2 Å². The van der Waals surface area contributed by atoms with Gasteiger partial charge in [-0.15, -0.1) is 0 Å².